The van der Waals surface area contributed by atoms with Crippen LogP contribution in [0.3, 0.4) is 0 Å². The average Bonchev–Trinajstić information content (AvgIpc) is 2.71. The van der Waals surface area contributed by atoms with Crippen LogP contribution in [-0.2, 0) is 9.53 Å². The lowest BCUT2D eigenvalue weighted by Crippen LogP contribution is -2.15. The van der Waals surface area contributed by atoms with E-state index in [1.807, 2.05) is 0 Å². The van der Waals surface area contributed by atoms with Gasteiger partial charge in [-0.25, -0.2) is 0 Å². The molecule has 0 spiro atoms. The lowest BCUT2D eigenvalue weighted by molar-refractivity contribution is -0.113. The van der Waals surface area contributed by atoms with Crippen LogP contribution in [0.4, 0.5) is 0 Å². The second-order valence-corrected chi connectivity index (χ2v) is 4.33. The van der Waals surface area contributed by atoms with E-state index in [1.165, 1.54) is 6.42 Å². The van der Waals surface area contributed by atoms with Gasteiger partial charge in [-0.3, -0.25) is 0 Å². The van der Waals surface area contributed by atoms with E-state index in [4.69, 9.17) is 4.74 Å². The van der Waals surface area contributed by atoms with Crippen molar-refractivity contribution in [2.45, 2.75) is 51.2 Å². The normalized spacial score (nSPS) is 38.1. The number of hydrogen-bond donors (Lipinski definition) is 0. The minimum atomic E-state index is 0.0364. The fraction of sp³-hybridized carbons (Fsp3) is 0.900. The second-order valence-electron chi connectivity index (χ2n) is 4.33. The predicted molar refractivity (Wildman–Crippen MR) is 45.9 cm³/mol. The lowest BCUT2D eigenvalue weighted by atomic mass is 9.99. The molecule has 2 nitrogen and oxygen atoms in total. The minimum Gasteiger partial charge on any atom is -0.375 e. The Labute approximate surface area is 73.3 Å². The average molecular weight is 168 g/mol. The summed E-state index contributed by atoms with van der Waals surface area (Å²) in [5.41, 5.74) is 0.0364. The van der Waals surface area contributed by atoms with E-state index in [9.17, 15) is 4.79 Å². The Hall–Kier alpha value is -0.370. The quantitative estimate of drug-likeness (QED) is 0.602. The molecule has 2 unspecified atom stereocenters. The summed E-state index contributed by atoms with van der Waals surface area (Å²) >= 11 is 0. The summed E-state index contributed by atoms with van der Waals surface area (Å²) in [6, 6.07) is 0. The fourth-order valence-corrected chi connectivity index (χ4v) is 2.02. The Kier molecular flexibility index (Phi) is 1.95. The zero-order valence-electron chi connectivity index (χ0n) is 7.58. The summed E-state index contributed by atoms with van der Waals surface area (Å²) in [7, 11) is 0. The maximum absolute atomic E-state index is 10.7. The number of carbonyl (C=O) groups is 1. The molecule has 68 valence electrons. The highest BCUT2D eigenvalue weighted by Crippen LogP contribution is 2.49. The molecule has 0 amide bonds. The molecule has 0 aromatic heterocycles. The van der Waals surface area contributed by atoms with Gasteiger partial charge in [0.25, 0.3) is 0 Å². The topological polar surface area (TPSA) is 26.3 Å². The van der Waals surface area contributed by atoms with E-state index < -0.39 is 0 Å². The molecule has 0 bridgehead atoms. The molecule has 2 atom stereocenters. The molecule has 1 saturated carbocycles. The summed E-state index contributed by atoms with van der Waals surface area (Å²) in [6.07, 6.45) is 7.39. The monoisotopic (exact) mass is 168 g/mol. The molecule has 2 rings (SSSR count). The van der Waals surface area contributed by atoms with Crippen molar-refractivity contribution >= 4 is 6.29 Å². The van der Waals surface area contributed by atoms with Crippen LogP contribution in [0, 0.1) is 5.41 Å². The first-order valence-electron chi connectivity index (χ1n) is 4.86. The summed E-state index contributed by atoms with van der Waals surface area (Å²) in [5.74, 6) is 0. The number of ether oxygens (including phenoxy) is 1. The van der Waals surface area contributed by atoms with Gasteiger partial charge in [0.05, 0.1) is 12.2 Å². The summed E-state index contributed by atoms with van der Waals surface area (Å²) in [4.78, 5) is 10.7. The molecule has 2 heteroatoms. The Morgan fingerprint density at radius 2 is 2.25 bits per heavy atom. The van der Waals surface area contributed by atoms with Gasteiger partial charge in [0.2, 0.25) is 0 Å². The number of hydrogen-bond acceptors (Lipinski definition) is 2. The van der Waals surface area contributed by atoms with Crippen molar-refractivity contribution in [3.63, 3.8) is 0 Å². The maximum Gasteiger partial charge on any atom is 0.126 e. The highest BCUT2D eigenvalue weighted by Gasteiger charge is 2.45. The van der Waals surface area contributed by atoms with Crippen LogP contribution < -0.4 is 0 Å². The van der Waals surface area contributed by atoms with Crippen molar-refractivity contribution in [1.82, 2.24) is 0 Å². The number of rotatable bonds is 3. The first-order chi connectivity index (χ1) is 5.74. The molecule has 1 heterocycles. The first-order valence-corrected chi connectivity index (χ1v) is 4.86. The molecule has 0 aromatic rings. The van der Waals surface area contributed by atoms with E-state index in [0.717, 1.165) is 32.0 Å². The second kappa shape index (κ2) is 2.84. The van der Waals surface area contributed by atoms with E-state index in [1.54, 1.807) is 0 Å². The van der Waals surface area contributed by atoms with Gasteiger partial charge in [-0.15, -0.1) is 0 Å². The van der Waals surface area contributed by atoms with Gasteiger partial charge in [-0.05, 0) is 39.0 Å². The van der Waals surface area contributed by atoms with Crippen LogP contribution in [0.5, 0.6) is 0 Å². The van der Waals surface area contributed by atoms with E-state index >= 15 is 0 Å². The zero-order chi connectivity index (χ0) is 8.60. The van der Waals surface area contributed by atoms with E-state index in [-0.39, 0.29) is 5.41 Å². The third kappa shape index (κ3) is 1.53. The molecule has 0 aromatic carbocycles. The standard InChI is InChI=1S/C10H16O2/c1-8-2-3-9(12-8)6-10(7-11)4-5-10/h7-9H,2-6H2,1H3. The van der Waals surface area contributed by atoms with E-state index in [2.05, 4.69) is 6.92 Å². The van der Waals surface area contributed by atoms with Crippen molar-refractivity contribution in [3.8, 4) is 0 Å². The smallest absolute Gasteiger partial charge is 0.126 e. The first kappa shape index (κ1) is 8.24. The highest BCUT2D eigenvalue weighted by molar-refractivity contribution is 5.63. The van der Waals surface area contributed by atoms with Gasteiger partial charge >= 0.3 is 0 Å². The van der Waals surface area contributed by atoms with Gasteiger partial charge in [0.1, 0.15) is 6.29 Å². The van der Waals surface area contributed by atoms with Crippen LogP contribution in [0.25, 0.3) is 0 Å². The van der Waals surface area contributed by atoms with Gasteiger partial charge < -0.3 is 9.53 Å². The van der Waals surface area contributed by atoms with Crippen LogP contribution >= 0.6 is 0 Å². The molecule has 1 aliphatic heterocycles. The highest BCUT2D eigenvalue weighted by atomic mass is 16.5. The van der Waals surface area contributed by atoms with Gasteiger partial charge in [0.15, 0.2) is 0 Å². The Balaban J connectivity index is 1.83. The van der Waals surface area contributed by atoms with E-state index in [0.29, 0.717) is 12.2 Å². The SMILES string of the molecule is CC1CCC(CC2(C=O)CC2)O1. The molecular weight excluding hydrogens is 152 g/mol. The van der Waals surface area contributed by atoms with Gasteiger partial charge in [-0.2, -0.15) is 0 Å². The molecule has 0 N–H and O–H groups in total. The molecule has 12 heavy (non-hydrogen) atoms. The maximum atomic E-state index is 10.7. The van der Waals surface area contributed by atoms with Crippen molar-refractivity contribution in [1.29, 1.82) is 0 Å². The minimum absolute atomic E-state index is 0.0364. The summed E-state index contributed by atoms with van der Waals surface area (Å²) < 4.78 is 5.68. The Bertz CT molecular complexity index is 184. The van der Waals surface area contributed by atoms with Crippen molar-refractivity contribution in [3.05, 3.63) is 0 Å². The predicted octanol–water partition coefficient (Wildman–Crippen LogP) is 1.92. The lowest BCUT2D eigenvalue weighted by Gasteiger charge is -2.14. The molecule has 2 fully saturated rings. The molecule has 1 saturated heterocycles. The third-order valence-corrected chi connectivity index (χ3v) is 3.10. The summed E-state index contributed by atoms with van der Waals surface area (Å²) in [5, 5.41) is 0. The zero-order valence-corrected chi connectivity index (χ0v) is 7.58. The molecule has 1 aliphatic carbocycles. The Morgan fingerprint density at radius 3 is 2.67 bits per heavy atom. The van der Waals surface area contributed by atoms with Gasteiger partial charge in [-0.1, -0.05) is 0 Å². The molecule has 0 radical (unpaired) electrons. The summed E-state index contributed by atoms with van der Waals surface area (Å²) in [6.45, 7) is 2.11. The fourth-order valence-electron chi connectivity index (χ4n) is 2.02. The van der Waals surface area contributed by atoms with Crippen molar-refractivity contribution in [2.75, 3.05) is 0 Å². The molecular formula is C10H16O2. The Morgan fingerprint density at radius 1 is 1.50 bits per heavy atom. The third-order valence-electron chi connectivity index (χ3n) is 3.10. The van der Waals surface area contributed by atoms with Crippen molar-refractivity contribution in [2.24, 2.45) is 5.41 Å². The molecule has 2 aliphatic rings. The van der Waals surface area contributed by atoms with Gasteiger partial charge in [0, 0.05) is 5.41 Å². The van der Waals surface area contributed by atoms with Crippen LogP contribution in [-0.4, -0.2) is 18.5 Å². The number of aldehydes is 1. The number of carbonyl (C=O) groups excluding carboxylic acids is 1. The van der Waals surface area contributed by atoms with Crippen LogP contribution in [0.1, 0.15) is 39.0 Å². The largest absolute Gasteiger partial charge is 0.375 e. The van der Waals surface area contributed by atoms with Crippen molar-refractivity contribution < 1.29 is 9.53 Å². The van der Waals surface area contributed by atoms with Crippen LogP contribution in [0.2, 0.25) is 0 Å². The van der Waals surface area contributed by atoms with Crippen LogP contribution in [0.15, 0.2) is 0 Å².